The Kier molecular flexibility index (Phi) is 5.01. The standard InChI is InChI=1S/C11H16BrClN2OS/c1-11(2,5-9(15)16)4-7(14)8-3-6(12)10(13)17-8/h3,7H,4-5,14H2,1-2H3,(H2,15,16). The number of hydrogen-bond donors (Lipinski definition) is 2. The second-order valence-electron chi connectivity index (χ2n) is 4.89. The lowest BCUT2D eigenvalue weighted by atomic mass is 9.82. The van der Waals surface area contributed by atoms with E-state index in [1.807, 2.05) is 19.9 Å². The van der Waals surface area contributed by atoms with Gasteiger partial charge in [0.1, 0.15) is 4.34 Å². The van der Waals surface area contributed by atoms with Crippen LogP contribution >= 0.6 is 38.9 Å². The molecule has 1 heterocycles. The fourth-order valence-corrected chi connectivity index (χ4v) is 3.52. The van der Waals surface area contributed by atoms with Crippen molar-refractivity contribution in [3.8, 4) is 0 Å². The van der Waals surface area contributed by atoms with Crippen molar-refractivity contribution in [1.82, 2.24) is 0 Å². The van der Waals surface area contributed by atoms with E-state index in [-0.39, 0.29) is 17.4 Å². The van der Waals surface area contributed by atoms with E-state index in [1.54, 1.807) is 0 Å². The van der Waals surface area contributed by atoms with Gasteiger partial charge in [0.25, 0.3) is 0 Å². The molecule has 96 valence electrons. The highest BCUT2D eigenvalue weighted by Gasteiger charge is 2.25. The molecule has 0 bridgehead atoms. The third-order valence-corrected chi connectivity index (χ3v) is 5.06. The van der Waals surface area contributed by atoms with Crippen molar-refractivity contribution in [2.75, 3.05) is 0 Å². The van der Waals surface area contributed by atoms with Gasteiger partial charge in [-0.25, -0.2) is 0 Å². The molecule has 0 aliphatic heterocycles. The van der Waals surface area contributed by atoms with Gasteiger partial charge >= 0.3 is 0 Å². The normalized spacial score (nSPS) is 13.7. The molecule has 6 heteroatoms. The SMILES string of the molecule is CC(C)(CC(N)=O)CC(N)c1cc(Br)c(Cl)s1. The number of thiophene rings is 1. The molecule has 3 nitrogen and oxygen atoms in total. The van der Waals surface area contributed by atoms with Crippen LogP contribution in [-0.2, 0) is 4.79 Å². The fourth-order valence-electron chi connectivity index (χ4n) is 1.79. The molecule has 0 saturated heterocycles. The van der Waals surface area contributed by atoms with Crippen molar-refractivity contribution < 1.29 is 4.79 Å². The first kappa shape index (κ1) is 15.0. The second-order valence-corrected chi connectivity index (χ2v) is 7.43. The Labute approximate surface area is 119 Å². The van der Waals surface area contributed by atoms with Crippen LogP contribution in [0.15, 0.2) is 10.5 Å². The second kappa shape index (κ2) is 5.69. The van der Waals surface area contributed by atoms with E-state index in [2.05, 4.69) is 15.9 Å². The van der Waals surface area contributed by atoms with Crippen LogP contribution in [-0.4, -0.2) is 5.91 Å². The van der Waals surface area contributed by atoms with Crippen LogP contribution in [0.5, 0.6) is 0 Å². The highest BCUT2D eigenvalue weighted by atomic mass is 79.9. The van der Waals surface area contributed by atoms with E-state index in [1.165, 1.54) is 11.3 Å². The largest absolute Gasteiger partial charge is 0.370 e. The zero-order valence-corrected chi connectivity index (χ0v) is 13.0. The van der Waals surface area contributed by atoms with Gasteiger partial charge in [-0.1, -0.05) is 25.4 Å². The zero-order chi connectivity index (χ0) is 13.2. The lowest BCUT2D eigenvalue weighted by Crippen LogP contribution is -2.26. The number of halogens is 2. The molecule has 1 atom stereocenters. The maximum atomic E-state index is 10.9. The van der Waals surface area contributed by atoms with E-state index in [0.29, 0.717) is 17.2 Å². The first-order valence-electron chi connectivity index (χ1n) is 5.20. The third kappa shape index (κ3) is 4.58. The fraction of sp³-hybridized carbons (Fsp3) is 0.545. The van der Waals surface area contributed by atoms with Gasteiger partial charge < -0.3 is 11.5 Å². The van der Waals surface area contributed by atoms with Gasteiger partial charge in [0, 0.05) is 21.8 Å². The van der Waals surface area contributed by atoms with Gasteiger partial charge in [-0.05, 0) is 33.8 Å². The number of amides is 1. The number of carbonyl (C=O) groups excluding carboxylic acids is 1. The molecule has 1 aromatic rings. The molecule has 1 rings (SSSR count). The van der Waals surface area contributed by atoms with Crippen LogP contribution in [0.3, 0.4) is 0 Å². The summed E-state index contributed by atoms with van der Waals surface area (Å²) >= 11 is 10.8. The molecule has 0 aliphatic rings. The maximum Gasteiger partial charge on any atom is 0.217 e. The lowest BCUT2D eigenvalue weighted by molar-refractivity contribution is -0.120. The summed E-state index contributed by atoms with van der Waals surface area (Å²) in [7, 11) is 0. The Bertz CT molecular complexity index is 400. The molecule has 1 amide bonds. The highest BCUT2D eigenvalue weighted by molar-refractivity contribution is 9.10. The molecule has 0 fully saturated rings. The van der Waals surface area contributed by atoms with Crippen LogP contribution in [0.2, 0.25) is 4.34 Å². The smallest absolute Gasteiger partial charge is 0.217 e. The summed E-state index contributed by atoms with van der Waals surface area (Å²) in [5.41, 5.74) is 11.1. The molecular weight excluding hydrogens is 324 g/mol. The van der Waals surface area contributed by atoms with Crippen molar-refractivity contribution >= 4 is 44.8 Å². The number of carbonyl (C=O) groups is 1. The maximum absolute atomic E-state index is 10.9. The van der Waals surface area contributed by atoms with E-state index in [0.717, 1.165) is 9.35 Å². The average Bonchev–Trinajstić information content (AvgIpc) is 2.43. The Balaban J connectivity index is 2.71. The summed E-state index contributed by atoms with van der Waals surface area (Å²) in [4.78, 5) is 12.0. The molecule has 1 unspecified atom stereocenters. The Morgan fingerprint density at radius 3 is 2.65 bits per heavy atom. The van der Waals surface area contributed by atoms with Gasteiger partial charge in [-0.3, -0.25) is 4.79 Å². The molecular formula is C11H16BrClN2OS. The van der Waals surface area contributed by atoms with Gasteiger partial charge in [0.15, 0.2) is 0 Å². The predicted molar refractivity (Wildman–Crippen MR) is 76.2 cm³/mol. The number of primary amides is 1. The topological polar surface area (TPSA) is 69.1 Å². The summed E-state index contributed by atoms with van der Waals surface area (Å²) in [6.45, 7) is 3.98. The minimum atomic E-state index is -0.299. The zero-order valence-electron chi connectivity index (χ0n) is 9.80. The van der Waals surface area contributed by atoms with Crippen LogP contribution in [0.4, 0.5) is 0 Å². The summed E-state index contributed by atoms with van der Waals surface area (Å²) in [5.74, 6) is -0.299. The average molecular weight is 340 g/mol. The van der Waals surface area contributed by atoms with Gasteiger partial charge in [0.2, 0.25) is 5.91 Å². The van der Waals surface area contributed by atoms with E-state index in [4.69, 9.17) is 23.1 Å². The quantitative estimate of drug-likeness (QED) is 0.862. The van der Waals surface area contributed by atoms with Crippen molar-refractivity contribution in [2.45, 2.75) is 32.7 Å². The molecule has 0 saturated carbocycles. The predicted octanol–water partition coefficient (Wildman–Crippen LogP) is 3.46. The molecule has 0 aromatic carbocycles. The van der Waals surface area contributed by atoms with Crippen molar-refractivity contribution in [1.29, 1.82) is 0 Å². The van der Waals surface area contributed by atoms with Crippen molar-refractivity contribution in [3.63, 3.8) is 0 Å². The third-order valence-electron chi connectivity index (χ3n) is 2.45. The number of hydrogen-bond acceptors (Lipinski definition) is 3. The minimum absolute atomic E-state index is 0.127. The monoisotopic (exact) mass is 338 g/mol. The molecule has 17 heavy (non-hydrogen) atoms. The Morgan fingerprint density at radius 2 is 2.24 bits per heavy atom. The van der Waals surface area contributed by atoms with Crippen LogP contribution < -0.4 is 11.5 Å². The number of rotatable bonds is 5. The lowest BCUT2D eigenvalue weighted by Gasteiger charge is -2.26. The summed E-state index contributed by atoms with van der Waals surface area (Å²) in [6.07, 6.45) is 1.03. The first-order valence-corrected chi connectivity index (χ1v) is 7.18. The molecule has 0 radical (unpaired) electrons. The van der Waals surface area contributed by atoms with Gasteiger partial charge in [0.05, 0.1) is 0 Å². The summed E-state index contributed by atoms with van der Waals surface area (Å²) in [6, 6.07) is 1.80. The summed E-state index contributed by atoms with van der Waals surface area (Å²) < 4.78 is 1.56. The van der Waals surface area contributed by atoms with Crippen LogP contribution in [0, 0.1) is 5.41 Å². The van der Waals surface area contributed by atoms with Crippen LogP contribution in [0.1, 0.15) is 37.6 Å². The highest BCUT2D eigenvalue weighted by Crippen LogP contribution is 2.38. The Hall–Kier alpha value is -0.100. The molecule has 0 aliphatic carbocycles. The first-order chi connectivity index (χ1) is 7.71. The van der Waals surface area contributed by atoms with Gasteiger partial charge in [-0.2, -0.15) is 0 Å². The van der Waals surface area contributed by atoms with Crippen molar-refractivity contribution in [2.24, 2.45) is 16.9 Å². The minimum Gasteiger partial charge on any atom is -0.370 e. The van der Waals surface area contributed by atoms with E-state index >= 15 is 0 Å². The van der Waals surface area contributed by atoms with Crippen LogP contribution in [0.25, 0.3) is 0 Å². The van der Waals surface area contributed by atoms with E-state index in [9.17, 15) is 4.79 Å². The molecule has 1 aromatic heterocycles. The summed E-state index contributed by atoms with van der Waals surface area (Å²) in [5, 5.41) is 0. The van der Waals surface area contributed by atoms with E-state index < -0.39 is 0 Å². The molecule has 4 N–H and O–H groups in total. The number of nitrogens with two attached hydrogens (primary N) is 2. The molecule has 0 spiro atoms. The van der Waals surface area contributed by atoms with Crippen molar-refractivity contribution in [3.05, 3.63) is 19.8 Å². The van der Waals surface area contributed by atoms with Gasteiger partial charge in [-0.15, -0.1) is 11.3 Å². The Morgan fingerprint density at radius 1 is 1.65 bits per heavy atom.